The van der Waals surface area contributed by atoms with Gasteiger partial charge in [0.05, 0.1) is 17.3 Å². The first-order valence-corrected chi connectivity index (χ1v) is 12.8. The molecule has 0 aliphatic rings. The second kappa shape index (κ2) is 9.92. The lowest BCUT2D eigenvalue weighted by Crippen LogP contribution is -2.33. The maximum atomic E-state index is 13.3. The largest absolute Gasteiger partial charge is 0.372 e. The van der Waals surface area contributed by atoms with E-state index in [1.165, 1.54) is 0 Å². The summed E-state index contributed by atoms with van der Waals surface area (Å²) in [5.74, 6) is -0.678. The van der Waals surface area contributed by atoms with E-state index < -0.39 is 15.8 Å². The van der Waals surface area contributed by atoms with Gasteiger partial charge in [0.15, 0.2) is 0 Å². The number of fused-ring (bicyclic) bond motifs is 1. The zero-order valence-electron chi connectivity index (χ0n) is 19.0. The molecule has 3 aromatic carbocycles. The van der Waals surface area contributed by atoms with Crippen molar-refractivity contribution in [3.63, 3.8) is 0 Å². The van der Waals surface area contributed by atoms with Crippen molar-refractivity contribution in [2.24, 2.45) is 0 Å². The molecule has 0 fully saturated rings. The molecule has 0 radical (unpaired) electrons. The molecule has 0 spiro atoms. The van der Waals surface area contributed by atoms with Crippen molar-refractivity contribution in [3.05, 3.63) is 114 Å². The molecule has 37 heavy (non-hydrogen) atoms. The molecule has 0 saturated carbocycles. The zero-order valence-corrected chi connectivity index (χ0v) is 20.5. The Kier molecular flexibility index (Phi) is 6.51. The third-order valence-corrected chi connectivity index (χ3v) is 6.95. The molecule has 1 amide bonds. The number of amides is 1. The van der Waals surface area contributed by atoms with E-state index in [-0.39, 0.29) is 22.4 Å². The summed E-state index contributed by atoms with van der Waals surface area (Å²) >= 11 is 5.88. The van der Waals surface area contributed by atoms with E-state index in [1.54, 1.807) is 77.6 Å². The highest BCUT2D eigenvalue weighted by Crippen LogP contribution is 2.21. The van der Waals surface area contributed by atoms with E-state index in [4.69, 9.17) is 11.6 Å². The van der Waals surface area contributed by atoms with Crippen LogP contribution in [0.4, 0.5) is 15.9 Å². The van der Waals surface area contributed by atoms with E-state index in [1.807, 2.05) is 0 Å². The molecule has 8 nitrogen and oxygen atoms in total. The average Bonchev–Trinajstić information content (AvgIpc) is 2.89. The lowest BCUT2D eigenvalue weighted by atomic mass is 10.2. The molecule has 0 saturated heterocycles. The number of aromatic nitrogens is 3. The number of hydrogen-bond acceptors (Lipinski definition) is 5. The van der Waals surface area contributed by atoms with Gasteiger partial charge in [-0.05, 0) is 65.6 Å². The molecular formula is C26H18ClFN5O3S+. The first-order valence-electron chi connectivity index (χ1n) is 10.9. The number of sulfonamides is 1. The fourth-order valence-corrected chi connectivity index (χ4v) is 4.62. The maximum absolute atomic E-state index is 13.3. The van der Waals surface area contributed by atoms with E-state index in [0.717, 1.165) is 24.3 Å². The average molecular weight is 535 g/mol. The minimum Gasteiger partial charge on any atom is -0.322 e. The Morgan fingerprint density at radius 1 is 0.838 bits per heavy atom. The van der Waals surface area contributed by atoms with Crippen LogP contribution in [-0.2, 0) is 10.0 Å². The molecule has 184 valence electrons. The lowest BCUT2D eigenvalue weighted by molar-refractivity contribution is -0.598. The second-order valence-electron chi connectivity index (χ2n) is 7.90. The van der Waals surface area contributed by atoms with Crippen LogP contribution in [0.5, 0.6) is 0 Å². The van der Waals surface area contributed by atoms with Gasteiger partial charge in [-0.15, -0.1) is 0 Å². The van der Waals surface area contributed by atoms with Gasteiger partial charge >= 0.3 is 5.82 Å². The molecule has 2 aromatic heterocycles. The summed E-state index contributed by atoms with van der Waals surface area (Å²) < 4.78 is 43.3. The third kappa shape index (κ3) is 5.40. The van der Waals surface area contributed by atoms with E-state index in [2.05, 4.69) is 20.0 Å². The fourth-order valence-electron chi connectivity index (χ4n) is 3.49. The SMILES string of the molecule is O=C(Nc1cc[n+](-c2nc3ccccc3nc2NS(=O)(=O)c2ccc(F)cc2)cc1)c1ccc(Cl)cc1. The van der Waals surface area contributed by atoms with Crippen molar-refractivity contribution < 1.29 is 22.2 Å². The number of para-hydroxylation sites is 2. The fraction of sp³-hybridized carbons (Fsp3) is 0. The minimum atomic E-state index is -4.09. The van der Waals surface area contributed by atoms with Gasteiger partial charge in [0.2, 0.25) is 11.3 Å². The van der Waals surface area contributed by atoms with Crippen molar-refractivity contribution in [1.82, 2.24) is 9.97 Å². The van der Waals surface area contributed by atoms with Crippen LogP contribution in [0.1, 0.15) is 10.4 Å². The lowest BCUT2D eigenvalue weighted by Gasteiger charge is -2.09. The Bertz CT molecular complexity index is 1710. The van der Waals surface area contributed by atoms with Crippen LogP contribution >= 0.6 is 11.6 Å². The molecule has 0 atom stereocenters. The number of pyridine rings is 1. The zero-order chi connectivity index (χ0) is 26.0. The van der Waals surface area contributed by atoms with E-state index in [0.29, 0.717) is 27.3 Å². The highest BCUT2D eigenvalue weighted by molar-refractivity contribution is 7.92. The van der Waals surface area contributed by atoms with E-state index >= 15 is 0 Å². The molecule has 0 aliphatic carbocycles. The first-order chi connectivity index (χ1) is 17.8. The van der Waals surface area contributed by atoms with Crippen LogP contribution in [-0.4, -0.2) is 24.3 Å². The highest BCUT2D eigenvalue weighted by atomic mass is 35.5. The van der Waals surface area contributed by atoms with Gasteiger partial charge in [-0.3, -0.25) is 9.52 Å². The summed E-state index contributed by atoms with van der Waals surface area (Å²) in [5, 5.41) is 3.32. The van der Waals surface area contributed by atoms with Crippen molar-refractivity contribution in [3.8, 4) is 5.82 Å². The van der Waals surface area contributed by atoms with Gasteiger partial charge in [0.1, 0.15) is 11.3 Å². The molecule has 0 unspecified atom stereocenters. The Labute approximate surface area is 216 Å². The van der Waals surface area contributed by atoms with Crippen LogP contribution in [0.15, 0.2) is 102 Å². The highest BCUT2D eigenvalue weighted by Gasteiger charge is 2.25. The molecule has 0 aliphatic heterocycles. The van der Waals surface area contributed by atoms with Gasteiger partial charge in [0, 0.05) is 28.4 Å². The topological polar surface area (TPSA) is 105 Å². The van der Waals surface area contributed by atoms with Crippen LogP contribution in [0.25, 0.3) is 16.9 Å². The monoisotopic (exact) mass is 534 g/mol. The number of carbonyl (C=O) groups is 1. The second-order valence-corrected chi connectivity index (χ2v) is 10.0. The quantitative estimate of drug-likeness (QED) is 0.306. The van der Waals surface area contributed by atoms with Gasteiger partial charge < -0.3 is 5.32 Å². The number of benzene rings is 3. The van der Waals surface area contributed by atoms with Crippen LogP contribution < -0.4 is 14.6 Å². The molecule has 2 heterocycles. The predicted octanol–water partition coefficient (Wildman–Crippen LogP) is 4.75. The molecular weight excluding hydrogens is 517 g/mol. The predicted molar refractivity (Wildman–Crippen MR) is 138 cm³/mol. The smallest absolute Gasteiger partial charge is 0.322 e. The number of nitrogens with zero attached hydrogens (tertiary/aromatic N) is 3. The third-order valence-electron chi connectivity index (χ3n) is 5.35. The molecule has 0 bridgehead atoms. The molecule has 5 aromatic rings. The first kappa shape index (κ1) is 24.3. The minimum absolute atomic E-state index is 0.0222. The number of rotatable bonds is 6. The van der Waals surface area contributed by atoms with Gasteiger partial charge in [-0.2, -0.15) is 4.57 Å². The van der Waals surface area contributed by atoms with Crippen LogP contribution in [0, 0.1) is 5.82 Å². The molecule has 2 N–H and O–H groups in total. The van der Waals surface area contributed by atoms with Gasteiger partial charge in [0.25, 0.3) is 15.9 Å². The Hall–Kier alpha value is -4.41. The summed E-state index contributed by atoms with van der Waals surface area (Å²) in [6.07, 6.45) is 3.23. The summed E-state index contributed by atoms with van der Waals surface area (Å²) in [7, 11) is -4.09. The standard InChI is InChI=1S/C26H17ClFN5O3S/c27-18-7-5-17(6-8-18)26(34)29-20-13-15-33(16-14-20)25-24(30-22-3-1-2-4-23(22)31-25)32-37(35,36)21-11-9-19(28)10-12-21/h1-16H,(H,30,32)/p+1. The van der Waals surface area contributed by atoms with Crippen molar-refractivity contribution in [2.75, 3.05) is 10.0 Å². The number of hydrogen-bond donors (Lipinski definition) is 2. The molecule has 11 heteroatoms. The number of nitrogens with one attached hydrogen (secondary N) is 2. The van der Waals surface area contributed by atoms with E-state index in [9.17, 15) is 17.6 Å². The van der Waals surface area contributed by atoms with Crippen molar-refractivity contribution >= 4 is 50.1 Å². The summed E-state index contributed by atoms with van der Waals surface area (Å²) in [6, 6.07) is 21.2. The van der Waals surface area contributed by atoms with Gasteiger partial charge in [-0.25, -0.2) is 17.8 Å². The summed E-state index contributed by atoms with van der Waals surface area (Å²) in [4.78, 5) is 21.5. The molecule has 5 rings (SSSR count). The summed E-state index contributed by atoms with van der Waals surface area (Å²) in [5.41, 5.74) is 1.99. The number of halogens is 2. The number of anilines is 2. The van der Waals surface area contributed by atoms with Crippen LogP contribution in [0.2, 0.25) is 5.02 Å². The normalized spacial score (nSPS) is 11.3. The summed E-state index contributed by atoms with van der Waals surface area (Å²) in [6.45, 7) is 0. The Morgan fingerprint density at radius 2 is 1.46 bits per heavy atom. The van der Waals surface area contributed by atoms with Gasteiger partial charge in [-0.1, -0.05) is 23.7 Å². The Morgan fingerprint density at radius 3 is 2.11 bits per heavy atom. The van der Waals surface area contributed by atoms with Crippen LogP contribution in [0.3, 0.4) is 0 Å². The van der Waals surface area contributed by atoms with Crippen molar-refractivity contribution in [2.45, 2.75) is 4.90 Å². The van der Waals surface area contributed by atoms with Crippen molar-refractivity contribution in [1.29, 1.82) is 0 Å². The number of carbonyl (C=O) groups excluding carboxylic acids is 1. The Balaban J connectivity index is 1.48. The maximum Gasteiger partial charge on any atom is 0.372 e.